The van der Waals surface area contributed by atoms with Crippen LogP contribution in [0.15, 0.2) is 71.8 Å². The van der Waals surface area contributed by atoms with E-state index < -0.39 is 10.9 Å². The summed E-state index contributed by atoms with van der Waals surface area (Å²) in [6.45, 7) is 2.00. The molecule has 174 valence electrons. The number of anilines is 1. The second kappa shape index (κ2) is 11.2. The molecule has 0 saturated heterocycles. The molecule has 0 bridgehead atoms. The molecule has 0 aliphatic rings. The van der Waals surface area contributed by atoms with Gasteiger partial charge in [0.15, 0.2) is 11.5 Å². The van der Waals surface area contributed by atoms with Crippen LogP contribution < -0.4 is 20.2 Å². The predicted octanol–water partition coefficient (Wildman–Crippen LogP) is 3.69. The van der Waals surface area contributed by atoms with Crippen molar-refractivity contribution in [2.24, 2.45) is 5.10 Å². The van der Waals surface area contributed by atoms with Crippen LogP contribution >= 0.6 is 0 Å². The third-order valence-corrected chi connectivity index (χ3v) is 4.69. The maximum absolute atomic E-state index is 12.4. The molecule has 0 fully saturated rings. The van der Waals surface area contributed by atoms with Crippen molar-refractivity contribution in [3.63, 3.8) is 0 Å². The smallest absolute Gasteiger partial charge is 0.343 e. The zero-order valence-corrected chi connectivity index (χ0v) is 18.5. The van der Waals surface area contributed by atoms with Gasteiger partial charge in [-0.15, -0.1) is 0 Å². The molecule has 0 aromatic heterocycles. The number of nitro groups is 1. The first kappa shape index (κ1) is 23.9. The average molecular weight is 462 g/mol. The van der Waals surface area contributed by atoms with E-state index in [0.29, 0.717) is 5.56 Å². The SMILES string of the molecule is COc1cc(/C=N/NC(=O)CNc2ccccc2C)ccc1OC(=O)c1ccc([N+](=O)[O-])cc1. The average Bonchev–Trinajstić information content (AvgIpc) is 2.84. The second-order valence-electron chi connectivity index (χ2n) is 7.07. The number of non-ortho nitro benzene ring substituents is 1. The van der Waals surface area contributed by atoms with Gasteiger partial charge < -0.3 is 14.8 Å². The van der Waals surface area contributed by atoms with E-state index in [4.69, 9.17) is 9.47 Å². The number of hydrogen-bond donors (Lipinski definition) is 2. The van der Waals surface area contributed by atoms with Crippen molar-refractivity contribution in [1.29, 1.82) is 0 Å². The summed E-state index contributed by atoms with van der Waals surface area (Å²) in [5, 5.41) is 17.7. The molecule has 0 radical (unpaired) electrons. The lowest BCUT2D eigenvalue weighted by molar-refractivity contribution is -0.384. The molecule has 1 amide bonds. The normalized spacial score (nSPS) is 10.5. The van der Waals surface area contributed by atoms with E-state index >= 15 is 0 Å². The van der Waals surface area contributed by atoms with Gasteiger partial charge in [0.2, 0.25) is 0 Å². The van der Waals surface area contributed by atoms with Crippen LogP contribution in [0.5, 0.6) is 11.5 Å². The molecule has 3 rings (SSSR count). The van der Waals surface area contributed by atoms with E-state index in [9.17, 15) is 19.7 Å². The van der Waals surface area contributed by atoms with Gasteiger partial charge in [-0.05, 0) is 54.4 Å². The van der Waals surface area contributed by atoms with E-state index in [0.717, 1.165) is 11.3 Å². The number of nitrogens with zero attached hydrogens (tertiary/aromatic N) is 2. The summed E-state index contributed by atoms with van der Waals surface area (Å²) in [5.74, 6) is -0.579. The van der Waals surface area contributed by atoms with Crippen LogP contribution in [0.1, 0.15) is 21.5 Å². The molecule has 3 aromatic carbocycles. The van der Waals surface area contributed by atoms with Crippen molar-refractivity contribution in [2.75, 3.05) is 19.0 Å². The van der Waals surface area contributed by atoms with Gasteiger partial charge in [-0.1, -0.05) is 18.2 Å². The summed E-state index contributed by atoms with van der Waals surface area (Å²) < 4.78 is 10.6. The summed E-state index contributed by atoms with van der Waals surface area (Å²) in [7, 11) is 1.42. The molecule has 0 aliphatic heterocycles. The Labute approximate surface area is 195 Å². The third-order valence-electron chi connectivity index (χ3n) is 4.69. The van der Waals surface area contributed by atoms with Crippen LogP contribution in [0.4, 0.5) is 11.4 Å². The monoisotopic (exact) mass is 462 g/mol. The number of carbonyl (C=O) groups is 2. The van der Waals surface area contributed by atoms with Gasteiger partial charge in [0.25, 0.3) is 11.6 Å². The highest BCUT2D eigenvalue weighted by atomic mass is 16.6. The van der Waals surface area contributed by atoms with Crippen molar-refractivity contribution in [3.8, 4) is 11.5 Å². The lowest BCUT2D eigenvalue weighted by Crippen LogP contribution is -2.26. The van der Waals surface area contributed by atoms with E-state index in [1.54, 1.807) is 12.1 Å². The van der Waals surface area contributed by atoms with Gasteiger partial charge in [-0.2, -0.15) is 5.10 Å². The van der Waals surface area contributed by atoms with Gasteiger partial charge >= 0.3 is 5.97 Å². The Morgan fingerprint density at radius 2 is 1.79 bits per heavy atom. The zero-order chi connectivity index (χ0) is 24.5. The topological polar surface area (TPSA) is 132 Å². The lowest BCUT2D eigenvalue weighted by Gasteiger charge is -2.10. The summed E-state index contributed by atoms with van der Waals surface area (Å²) in [6, 6.07) is 17.4. The fourth-order valence-corrected chi connectivity index (χ4v) is 2.89. The molecule has 10 nitrogen and oxygen atoms in total. The van der Waals surface area contributed by atoms with Crippen LogP contribution in [0.2, 0.25) is 0 Å². The molecule has 0 saturated carbocycles. The lowest BCUT2D eigenvalue weighted by atomic mass is 10.2. The number of rotatable bonds is 9. The Hall–Kier alpha value is -4.73. The van der Waals surface area contributed by atoms with E-state index in [1.165, 1.54) is 43.7 Å². The van der Waals surface area contributed by atoms with Gasteiger partial charge in [0.1, 0.15) is 0 Å². The molecule has 0 unspecified atom stereocenters. The van der Waals surface area contributed by atoms with E-state index in [1.807, 2.05) is 31.2 Å². The molecule has 3 aromatic rings. The number of benzene rings is 3. The minimum absolute atomic E-state index is 0.0586. The summed E-state index contributed by atoms with van der Waals surface area (Å²) in [5.41, 5.74) is 4.95. The first-order chi connectivity index (χ1) is 16.4. The highest BCUT2D eigenvalue weighted by Gasteiger charge is 2.14. The van der Waals surface area contributed by atoms with Crippen LogP contribution in [-0.2, 0) is 4.79 Å². The minimum atomic E-state index is -0.692. The third kappa shape index (κ3) is 6.39. The van der Waals surface area contributed by atoms with Crippen LogP contribution in [-0.4, -0.2) is 36.7 Å². The number of aryl methyl sites for hydroxylation is 1. The number of amides is 1. The number of hydrogen-bond acceptors (Lipinski definition) is 8. The Kier molecular flexibility index (Phi) is 7.90. The molecule has 34 heavy (non-hydrogen) atoms. The molecule has 0 spiro atoms. The number of carbonyl (C=O) groups excluding carboxylic acids is 2. The number of esters is 1. The number of nitro benzene ring substituents is 1. The minimum Gasteiger partial charge on any atom is -0.493 e. The Morgan fingerprint density at radius 1 is 1.06 bits per heavy atom. The van der Waals surface area contributed by atoms with Crippen LogP contribution in [0.25, 0.3) is 0 Å². The standard InChI is InChI=1S/C24H22N4O6/c1-16-5-3-4-6-20(16)25-15-23(29)27-26-14-17-7-12-21(22(13-17)33-2)34-24(30)18-8-10-19(11-9-18)28(31)32/h3-14,25H,15H2,1-2H3,(H,27,29)/b26-14+. The maximum atomic E-state index is 12.4. The number of para-hydroxylation sites is 1. The van der Waals surface area contributed by atoms with Crippen molar-refractivity contribution >= 4 is 29.5 Å². The second-order valence-corrected chi connectivity index (χ2v) is 7.07. The summed E-state index contributed by atoms with van der Waals surface area (Å²) in [4.78, 5) is 34.5. The van der Waals surface area contributed by atoms with E-state index in [2.05, 4.69) is 15.8 Å². The molecule has 0 aliphatic carbocycles. The molecular weight excluding hydrogens is 440 g/mol. The maximum Gasteiger partial charge on any atom is 0.343 e. The zero-order valence-electron chi connectivity index (χ0n) is 18.5. The molecule has 0 heterocycles. The predicted molar refractivity (Wildman–Crippen MR) is 126 cm³/mol. The number of ether oxygens (including phenoxy) is 2. The Balaban J connectivity index is 1.58. The molecular formula is C24H22N4O6. The fourth-order valence-electron chi connectivity index (χ4n) is 2.89. The fraction of sp³-hybridized carbons (Fsp3) is 0.125. The quantitative estimate of drug-likeness (QED) is 0.163. The number of methoxy groups -OCH3 is 1. The Morgan fingerprint density at radius 3 is 2.47 bits per heavy atom. The number of hydrazone groups is 1. The highest BCUT2D eigenvalue weighted by molar-refractivity contribution is 5.92. The van der Waals surface area contributed by atoms with E-state index in [-0.39, 0.29) is 35.2 Å². The molecule has 10 heteroatoms. The van der Waals surface area contributed by atoms with Crippen LogP contribution in [0.3, 0.4) is 0 Å². The van der Waals surface area contributed by atoms with Crippen LogP contribution in [0, 0.1) is 17.0 Å². The van der Waals surface area contributed by atoms with Gasteiger partial charge in [-0.25, -0.2) is 10.2 Å². The Bertz CT molecular complexity index is 1220. The van der Waals surface area contributed by atoms with Crippen molar-refractivity contribution in [3.05, 3.63) is 93.5 Å². The van der Waals surface area contributed by atoms with Gasteiger partial charge in [0, 0.05) is 17.8 Å². The first-order valence-corrected chi connectivity index (χ1v) is 10.1. The van der Waals surface area contributed by atoms with Crippen molar-refractivity contribution in [2.45, 2.75) is 6.92 Å². The first-order valence-electron chi connectivity index (χ1n) is 10.1. The summed E-state index contributed by atoms with van der Waals surface area (Å²) in [6.07, 6.45) is 1.43. The number of nitrogens with one attached hydrogen (secondary N) is 2. The summed E-state index contributed by atoms with van der Waals surface area (Å²) >= 11 is 0. The van der Waals surface area contributed by atoms with Gasteiger partial charge in [0.05, 0.1) is 30.4 Å². The largest absolute Gasteiger partial charge is 0.493 e. The van der Waals surface area contributed by atoms with Crippen molar-refractivity contribution < 1.29 is 24.0 Å². The van der Waals surface area contributed by atoms with Crippen molar-refractivity contribution in [1.82, 2.24) is 5.43 Å². The molecule has 2 N–H and O–H groups in total. The van der Waals surface area contributed by atoms with Gasteiger partial charge in [-0.3, -0.25) is 14.9 Å². The highest BCUT2D eigenvalue weighted by Crippen LogP contribution is 2.28. The molecule has 0 atom stereocenters.